The molecule has 2 heteroatoms. The first kappa shape index (κ1) is 12.0. The van der Waals surface area contributed by atoms with Crippen LogP contribution in [0.2, 0.25) is 0 Å². The van der Waals surface area contributed by atoms with Gasteiger partial charge in [-0.3, -0.25) is 0 Å². The molecule has 1 aliphatic rings. The van der Waals surface area contributed by atoms with Crippen LogP contribution in [0.3, 0.4) is 0 Å². The maximum absolute atomic E-state index is 9.10. The van der Waals surface area contributed by atoms with Gasteiger partial charge in [0.1, 0.15) is 0 Å². The van der Waals surface area contributed by atoms with Gasteiger partial charge >= 0.3 is 0 Å². The lowest BCUT2D eigenvalue weighted by atomic mass is 9.65. The molecule has 0 aromatic rings. The van der Waals surface area contributed by atoms with Crippen molar-refractivity contribution in [2.24, 2.45) is 17.1 Å². The molecule has 3 N–H and O–H groups in total. The van der Waals surface area contributed by atoms with Crippen LogP contribution in [-0.2, 0) is 0 Å². The molecule has 0 bridgehead atoms. The van der Waals surface area contributed by atoms with Crippen LogP contribution in [0.15, 0.2) is 0 Å². The largest absolute Gasteiger partial charge is 0.396 e. The van der Waals surface area contributed by atoms with Gasteiger partial charge < -0.3 is 10.8 Å². The lowest BCUT2D eigenvalue weighted by Crippen LogP contribution is -2.43. The van der Waals surface area contributed by atoms with Crippen LogP contribution in [0.25, 0.3) is 0 Å². The van der Waals surface area contributed by atoms with Crippen LogP contribution in [0.1, 0.15) is 52.4 Å². The molecule has 0 aromatic carbocycles. The zero-order chi connectivity index (χ0) is 10.6. The van der Waals surface area contributed by atoms with Crippen molar-refractivity contribution in [2.45, 2.75) is 58.4 Å². The Bertz CT molecular complexity index is 160. The Kier molecular flexibility index (Phi) is 4.39. The molecule has 0 radical (unpaired) electrons. The molecule has 0 saturated heterocycles. The molecule has 0 aliphatic heterocycles. The summed E-state index contributed by atoms with van der Waals surface area (Å²) in [5.41, 5.74) is 6.30. The summed E-state index contributed by atoms with van der Waals surface area (Å²) in [6.07, 6.45) is 7.22. The minimum absolute atomic E-state index is 0.229. The van der Waals surface area contributed by atoms with Gasteiger partial charge in [-0.1, -0.05) is 13.3 Å². The number of hydrogen-bond donors (Lipinski definition) is 2. The molecule has 0 aromatic heterocycles. The van der Waals surface area contributed by atoms with Crippen molar-refractivity contribution in [3.05, 3.63) is 0 Å². The Morgan fingerprint density at radius 1 is 1.43 bits per heavy atom. The number of hydrogen-bond acceptors (Lipinski definition) is 2. The van der Waals surface area contributed by atoms with Gasteiger partial charge in [-0.05, 0) is 50.4 Å². The van der Waals surface area contributed by atoms with Gasteiger partial charge in [-0.2, -0.15) is 0 Å². The van der Waals surface area contributed by atoms with E-state index in [4.69, 9.17) is 10.8 Å². The second-order valence-corrected chi connectivity index (χ2v) is 4.98. The average molecular weight is 199 g/mol. The van der Waals surface area contributed by atoms with Gasteiger partial charge in [0.15, 0.2) is 0 Å². The van der Waals surface area contributed by atoms with Gasteiger partial charge in [0, 0.05) is 12.6 Å². The van der Waals surface area contributed by atoms with Crippen LogP contribution in [0, 0.1) is 11.3 Å². The molecular weight excluding hydrogens is 174 g/mol. The van der Waals surface area contributed by atoms with Crippen LogP contribution >= 0.6 is 0 Å². The van der Waals surface area contributed by atoms with Crippen LogP contribution < -0.4 is 5.73 Å². The summed E-state index contributed by atoms with van der Waals surface area (Å²) >= 11 is 0. The molecule has 1 fully saturated rings. The molecule has 1 unspecified atom stereocenters. The molecular formula is C12H25NO. The van der Waals surface area contributed by atoms with E-state index >= 15 is 0 Å². The molecule has 1 rings (SSSR count). The highest BCUT2D eigenvalue weighted by Crippen LogP contribution is 2.44. The lowest BCUT2D eigenvalue weighted by molar-refractivity contribution is 0.0818. The summed E-state index contributed by atoms with van der Waals surface area (Å²) < 4.78 is 0. The molecule has 0 heterocycles. The van der Waals surface area contributed by atoms with Gasteiger partial charge in [0.2, 0.25) is 0 Å². The maximum Gasteiger partial charge on any atom is 0.0436 e. The Hall–Kier alpha value is -0.0800. The summed E-state index contributed by atoms with van der Waals surface area (Å²) in [6.45, 7) is 4.66. The normalized spacial score (nSPS) is 35.6. The van der Waals surface area contributed by atoms with Crippen molar-refractivity contribution >= 4 is 0 Å². The van der Waals surface area contributed by atoms with Gasteiger partial charge in [-0.25, -0.2) is 0 Å². The van der Waals surface area contributed by atoms with Crippen molar-refractivity contribution in [3.8, 4) is 0 Å². The van der Waals surface area contributed by atoms with E-state index in [-0.39, 0.29) is 11.5 Å². The van der Waals surface area contributed by atoms with Crippen LogP contribution in [-0.4, -0.2) is 17.8 Å². The van der Waals surface area contributed by atoms with E-state index < -0.39 is 0 Å². The van der Waals surface area contributed by atoms with Gasteiger partial charge in [0.05, 0.1) is 0 Å². The lowest BCUT2D eigenvalue weighted by Gasteiger charge is -2.43. The standard InChI is InChI=1S/C12H25NO/c1-3-11-4-6-12(7-5-11,8-9-14)10(2)13/h10-11,14H,3-9,13H2,1-2H3. The zero-order valence-corrected chi connectivity index (χ0v) is 9.63. The molecule has 1 atom stereocenters. The number of aliphatic hydroxyl groups is 1. The molecule has 0 spiro atoms. The molecule has 84 valence electrons. The molecule has 14 heavy (non-hydrogen) atoms. The summed E-state index contributed by atoms with van der Waals surface area (Å²) in [6, 6.07) is 0.229. The Balaban J connectivity index is 2.55. The fraction of sp³-hybridized carbons (Fsp3) is 1.00. The Labute approximate surface area is 87.9 Å². The Morgan fingerprint density at radius 3 is 2.36 bits per heavy atom. The van der Waals surface area contributed by atoms with Crippen molar-refractivity contribution in [2.75, 3.05) is 6.61 Å². The van der Waals surface area contributed by atoms with Gasteiger partial charge in [-0.15, -0.1) is 0 Å². The smallest absolute Gasteiger partial charge is 0.0436 e. The van der Waals surface area contributed by atoms with Crippen molar-refractivity contribution < 1.29 is 5.11 Å². The fourth-order valence-electron chi connectivity index (χ4n) is 2.82. The minimum atomic E-state index is 0.229. The summed E-state index contributed by atoms with van der Waals surface area (Å²) in [5, 5.41) is 9.10. The quantitative estimate of drug-likeness (QED) is 0.730. The van der Waals surface area contributed by atoms with E-state index in [0.29, 0.717) is 6.61 Å². The predicted molar refractivity (Wildman–Crippen MR) is 60.0 cm³/mol. The predicted octanol–water partition coefficient (Wildman–Crippen LogP) is 2.30. The maximum atomic E-state index is 9.10. The molecule has 0 amide bonds. The number of aliphatic hydroxyl groups excluding tert-OH is 1. The van der Waals surface area contributed by atoms with E-state index in [0.717, 1.165) is 12.3 Å². The van der Waals surface area contributed by atoms with Gasteiger partial charge in [0.25, 0.3) is 0 Å². The SMILES string of the molecule is CCC1CCC(CCO)(C(C)N)CC1. The molecule has 2 nitrogen and oxygen atoms in total. The monoisotopic (exact) mass is 199 g/mol. The van der Waals surface area contributed by atoms with Crippen molar-refractivity contribution in [3.63, 3.8) is 0 Å². The average Bonchev–Trinajstić information content (AvgIpc) is 2.19. The zero-order valence-electron chi connectivity index (χ0n) is 9.63. The van der Waals surface area contributed by atoms with Crippen LogP contribution in [0.4, 0.5) is 0 Å². The third-order valence-electron chi connectivity index (χ3n) is 4.25. The number of rotatable bonds is 4. The molecule has 1 aliphatic carbocycles. The van der Waals surface area contributed by atoms with E-state index in [1.807, 2.05) is 0 Å². The third-order valence-corrected chi connectivity index (χ3v) is 4.25. The minimum Gasteiger partial charge on any atom is -0.396 e. The first-order chi connectivity index (χ1) is 6.64. The highest BCUT2D eigenvalue weighted by Gasteiger charge is 2.37. The van der Waals surface area contributed by atoms with E-state index in [1.165, 1.54) is 32.1 Å². The second-order valence-electron chi connectivity index (χ2n) is 4.98. The highest BCUT2D eigenvalue weighted by molar-refractivity contribution is 4.91. The molecule has 1 saturated carbocycles. The second kappa shape index (κ2) is 5.13. The third kappa shape index (κ3) is 2.48. The Morgan fingerprint density at radius 2 is 2.00 bits per heavy atom. The highest BCUT2D eigenvalue weighted by atomic mass is 16.3. The van der Waals surface area contributed by atoms with Crippen LogP contribution in [0.5, 0.6) is 0 Å². The summed E-state index contributed by atoms with van der Waals surface area (Å²) in [4.78, 5) is 0. The number of nitrogens with two attached hydrogens (primary N) is 1. The fourth-order valence-corrected chi connectivity index (χ4v) is 2.82. The first-order valence-electron chi connectivity index (χ1n) is 6.01. The van der Waals surface area contributed by atoms with E-state index in [2.05, 4.69) is 13.8 Å². The van der Waals surface area contributed by atoms with Crippen molar-refractivity contribution in [1.82, 2.24) is 0 Å². The van der Waals surface area contributed by atoms with E-state index in [9.17, 15) is 0 Å². The van der Waals surface area contributed by atoms with Crippen molar-refractivity contribution in [1.29, 1.82) is 0 Å². The van der Waals surface area contributed by atoms with E-state index in [1.54, 1.807) is 0 Å². The summed E-state index contributed by atoms with van der Waals surface area (Å²) in [7, 11) is 0. The summed E-state index contributed by atoms with van der Waals surface area (Å²) in [5.74, 6) is 0.903. The first-order valence-corrected chi connectivity index (χ1v) is 6.01. The topological polar surface area (TPSA) is 46.2 Å².